The van der Waals surface area contributed by atoms with Gasteiger partial charge < -0.3 is 14.4 Å². The van der Waals surface area contributed by atoms with E-state index < -0.39 is 6.23 Å². The lowest BCUT2D eigenvalue weighted by Gasteiger charge is -2.35. The third kappa shape index (κ3) is 4.44. The summed E-state index contributed by atoms with van der Waals surface area (Å²) in [4.78, 5) is 41.5. The van der Waals surface area contributed by atoms with Crippen molar-refractivity contribution in [1.29, 1.82) is 0 Å². The number of amides is 3. The van der Waals surface area contributed by atoms with Gasteiger partial charge in [-0.05, 0) is 25.1 Å². The van der Waals surface area contributed by atoms with E-state index in [-0.39, 0.29) is 34.8 Å². The van der Waals surface area contributed by atoms with E-state index >= 15 is 0 Å². The number of imide groups is 1. The molecule has 1 fully saturated rings. The van der Waals surface area contributed by atoms with Crippen LogP contribution in [0.25, 0.3) is 0 Å². The van der Waals surface area contributed by atoms with Crippen molar-refractivity contribution in [1.82, 2.24) is 9.80 Å². The van der Waals surface area contributed by atoms with Gasteiger partial charge in [-0.3, -0.25) is 14.4 Å². The number of nitrogens with zero attached hydrogens (tertiary/aromatic N) is 2. The third-order valence-electron chi connectivity index (χ3n) is 5.13. The molecule has 2 heterocycles. The Hall–Kier alpha value is -2.49. The Balaban J connectivity index is 1.49. The van der Waals surface area contributed by atoms with Gasteiger partial charge in [-0.2, -0.15) is 0 Å². The fraction of sp³-hybridized carbons (Fsp3) is 0.318. The zero-order valence-corrected chi connectivity index (χ0v) is 18.8. The van der Waals surface area contributed by atoms with Crippen LogP contribution < -0.4 is 4.74 Å². The average molecular weight is 459 g/mol. The van der Waals surface area contributed by atoms with Crippen LogP contribution in [0.15, 0.2) is 53.4 Å². The van der Waals surface area contributed by atoms with E-state index in [2.05, 4.69) is 0 Å². The third-order valence-corrected chi connectivity index (χ3v) is 7.17. The highest BCUT2D eigenvalue weighted by atomic mass is 32.2. The SMILES string of the molecule is COc1ccc2c(c1)C(=O)N(CCOC(c1ccccc1)N1C(=O)CSC1=O)C(C)S2. The molecule has 0 N–H and O–H groups in total. The lowest BCUT2D eigenvalue weighted by Crippen LogP contribution is -2.43. The van der Waals surface area contributed by atoms with Gasteiger partial charge in [0.15, 0.2) is 6.23 Å². The van der Waals surface area contributed by atoms with Crippen LogP contribution in [0.2, 0.25) is 0 Å². The molecule has 7 nitrogen and oxygen atoms in total. The van der Waals surface area contributed by atoms with Crippen molar-refractivity contribution in [3.8, 4) is 5.75 Å². The van der Waals surface area contributed by atoms with Crippen molar-refractivity contribution in [2.75, 3.05) is 26.0 Å². The number of rotatable bonds is 7. The topological polar surface area (TPSA) is 76.2 Å². The molecule has 0 aromatic heterocycles. The van der Waals surface area contributed by atoms with Crippen molar-refractivity contribution in [2.45, 2.75) is 23.4 Å². The number of fused-ring (bicyclic) bond motifs is 1. The van der Waals surface area contributed by atoms with Gasteiger partial charge >= 0.3 is 0 Å². The Kier molecular flexibility index (Phi) is 6.54. The van der Waals surface area contributed by atoms with E-state index in [4.69, 9.17) is 9.47 Å². The second-order valence-corrected chi connectivity index (χ2v) is 9.31. The molecule has 31 heavy (non-hydrogen) atoms. The number of thioether (sulfide) groups is 2. The first-order valence-electron chi connectivity index (χ1n) is 9.80. The van der Waals surface area contributed by atoms with Gasteiger partial charge in [0.1, 0.15) is 5.75 Å². The van der Waals surface area contributed by atoms with Crippen LogP contribution >= 0.6 is 23.5 Å². The first-order valence-corrected chi connectivity index (χ1v) is 11.7. The number of ether oxygens (including phenoxy) is 2. The number of carbonyl (C=O) groups excluding carboxylic acids is 3. The van der Waals surface area contributed by atoms with Crippen LogP contribution in [0, 0.1) is 0 Å². The van der Waals surface area contributed by atoms with E-state index in [9.17, 15) is 14.4 Å². The molecule has 0 radical (unpaired) electrons. The second kappa shape index (κ2) is 9.33. The van der Waals surface area contributed by atoms with Crippen LogP contribution in [0.5, 0.6) is 5.75 Å². The van der Waals surface area contributed by atoms with Crippen LogP contribution in [-0.4, -0.2) is 58.2 Å². The van der Waals surface area contributed by atoms with Gasteiger partial charge in [0.05, 0.1) is 30.4 Å². The van der Waals surface area contributed by atoms with E-state index in [0.29, 0.717) is 23.4 Å². The molecule has 2 aliphatic rings. The predicted molar refractivity (Wildman–Crippen MR) is 119 cm³/mol. The van der Waals surface area contributed by atoms with E-state index in [1.165, 1.54) is 0 Å². The second-order valence-electron chi connectivity index (χ2n) is 7.03. The first kappa shape index (κ1) is 21.7. The minimum Gasteiger partial charge on any atom is -0.497 e. The van der Waals surface area contributed by atoms with Crippen molar-refractivity contribution in [3.63, 3.8) is 0 Å². The van der Waals surface area contributed by atoms with Gasteiger partial charge in [0.2, 0.25) is 5.91 Å². The molecule has 2 atom stereocenters. The highest BCUT2D eigenvalue weighted by Crippen LogP contribution is 2.37. The molecule has 2 aromatic carbocycles. The maximum absolute atomic E-state index is 13.1. The standard InChI is InChI=1S/C22H22N2O5S2/c1-14-23(20(26)17-12-16(28-2)8-9-18(17)31-14)10-11-29-21(15-6-4-3-5-7-15)24-19(25)13-30-22(24)27/h3-9,12,14,21H,10-11,13H2,1-2H3. The first-order chi connectivity index (χ1) is 15.0. The van der Waals surface area contributed by atoms with Gasteiger partial charge in [-0.1, -0.05) is 42.1 Å². The molecule has 0 bridgehead atoms. The Morgan fingerprint density at radius 2 is 1.90 bits per heavy atom. The highest BCUT2D eigenvalue weighted by Gasteiger charge is 2.38. The smallest absolute Gasteiger partial charge is 0.291 e. The Morgan fingerprint density at radius 3 is 2.58 bits per heavy atom. The van der Waals surface area contributed by atoms with Crippen LogP contribution in [-0.2, 0) is 9.53 Å². The largest absolute Gasteiger partial charge is 0.497 e. The molecule has 162 valence electrons. The van der Waals surface area contributed by atoms with E-state index in [1.54, 1.807) is 29.8 Å². The van der Waals surface area contributed by atoms with Gasteiger partial charge in [-0.25, -0.2) is 4.90 Å². The summed E-state index contributed by atoms with van der Waals surface area (Å²) in [6.45, 7) is 2.47. The number of carbonyl (C=O) groups is 3. The normalized spacial score (nSPS) is 19.5. The van der Waals surface area contributed by atoms with Crippen molar-refractivity contribution in [2.24, 2.45) is 0 Å². The van der Waals surface area contributed by atoms with E-state index in [1.807, 2.05) is 49.4 Å². The molecule has 0 aliphatic carbocycles. The minimum atomic E-state index is -0.813. The molecule has 4 rings (SSSR count). The molecule has 0 saturated carbocycles. The van der Waals surface area contributed by atoms with E-state index in [0.717, 1.165) is 21.6 Å². The monoisotopic (exact) mass is 458 g/mol. The summed E-state index contributed by atoms with van der Waals surface area (Å²) >= 11 is 2.57. The van der Waals surface area contributed by atoms with Gasteiger partial charge in [0, 0.05) is 17.0 Å². The van der Waals surface area contributed by atoms with Crippen molar-refractivity contribution < 1.29 is 23.9 Å². The molecular weight excluding hydrogens is 436 g/mol. The van der Waals surface area contributed by atoms with Gasteiger partial charge in [-0.15, -0.1) is 11.8 Å². The number of hydrogen-bond donors (Lipinski definition) is 0. The molecule has 2 unspecified atom stereocenters. The van der Waals surface area contributed by atoms with Crippen LogP contribution in [0.4, 0.5) is 4.79 Å². The average Bonchev–Trinajstić information content (AvgIpc) is 3.11. The predicted octanol–water partition coefficient (Wildman–Crippen LogP) is 4.00. The number of hydrogen-bond acceptors (Lipinski definition) is 7. The highest BCUT2D eigenvalue weighted by molar-refractivity contribution is 8.14. The summed E-state index contributed by atoms with van der Waals surface area (Å²) in [6.07, 6.45) is -0.813. The number of benzene rings is 2. The van der Waals surface area contributed by atoms with Gasteiger partial charge in [0.25, 0.3) is 11.1 Å². The zero-order chi connectivity index (χ0) is 22.0. The van der Waals surface area contributed by atoms with Crippen molar-refractivity contribution in [3.05, 3.63) is 59.7 Å². The lowest BCUT2D eigenvalue weighted by molar-refractivity contribution is -0.136. The molecule has 3 amide bonds. The van der Waals surface area contributed by atoms with Crippen molar-refractivity contribution >= 4 is 40.6 Å². The molecule has 2 aliphatic heterocycles. The summed E-state index contributed by atoms with van der Waals surface area (Å²) in [6, 6.07) is 14.7. The summed E-state index contributed by atoms with van der Waals surface area (Å²) in [5.41, 5.74) is 1.32. The molecule has 0 spiro atoms. The maximum atomic E-state index is 13.1. The fourth-order valence-corrected chi connectivity index (χ4v) is 5.39. The Bertz CT molecular complexity index is 985. The van der Waals surface area contributed by atoms with Crippen LogP contribution in [0.3, 0.4) is 0 Å². The molecular formula is C22H22N2O5S2. The summed E-state index contributed by atoms with van der Waals surface area (Å²) in [5, 5.41) is -0.393. The zero-order valence-electron chi connectivity index (χ0n) is 17.1. The Labute approximate surface area is 189 Å². The fourth-order valence-electron chi connectivity index (χ4n) is 3.55. The molecule has 1 saturated heterocycles. The summed E-state index contributed by atoms with van der Waals surface area (Å²) in [5.74, 6) is 0.375. The Morgan fingerprint density at radius 1 is 1.13 bits per heavy atom. The maximum Gasteiger partial charge on any atom is 0.291 e. The van der Waals surface area contributed by atoms with Crippen LogP contribution in [0.1, 0.15) is 29.1 Å². The quantitative estimate of drug-likeness (QED) is 0.621. The lowest BCUT2D eigenvalue weighted by atomic mass is 10.1. The molecule has 9 heteroatoms. The minimum absolute atomic E-state index is 0.0715. The number of methoxy groups -OCH3 is 1. The molecule has 2 aromatic rings. The summed E-state index contributed by atoms with van der Waals surface area (Å²) < 4.78 is 11.3. The summed E-state index contributed by atoms with van der Waals surface area (Å²) in [7, 11) is 1.57.